The number of halogens is 1. The molecule has 1 unspecified atom stereocenters. The van der Waals surface area contributed by atoms with Crippen LogP contribution in [0.4, 0.5) is 0 Å². The molecular weight excluding hydrogens is 495 g/mol. The predicted octanol–water partition coefficient (Wildman–Crippen LogP) is 1.75. The molecule has 2 fully saturated rings. The quantitative estimate of drug-likeness (QED) is 0.302. The van der Waals surface area contributed by atoms with Gasteiger partial charge in [0, 0.05) is 52.7 Å². The van der Waals surface area contributed by atoms with E-state index in [4.69, 9.17) is 9.41 Å². The van der Waals surface area contributed by atoms with E-state index in [1.54, 1.807) is 13.2 Å². The Hall–Kier alpha value is -1.33. The van der Waals surface area contributed by atoms with Gasteiger partial charge < -0.3 is 20.0 Å². The number of carbonyl (C=O) groups excluding carboxylic acids is 1. The van der Waals surface area contributed by atoms with Crippen LogP contribution in [0.2, 0.25) is 0 Å². The molecule has 3 heterocycles. The first-order valence-corrected chi connectivity index (χ1v) is 10.9. The molecule has 8 nitrogen and oxygen atoms in total. The number of nitrogens with zero attached hydrogens (tertiary/aromatic N) is 4. The van der Waals surface area contributed by atoms with E-state index in [0.717, 1.165) is 70.6 Å². The number of guanidine groups is 1. The second-order valence-electron chi connectivity index (χ2n) is 7.77. The third-order valence-corrected chi connectivity index (χ3v) is 5.76. The minimum atomic E-state index is 0. The van der Waals surface area contributed by atoms with Gasteiger partial charge in [0.05, 0.1) is 18.8 Å². The van der Waals surface area contributed by atoms with Crippen molar-refractivity contribution in [1.29, 1.82) is 0 Å². The maximum atomic E-state index is 11.4. The van der Waals surface area contributed by atoms with Crippen LogP contribution in [0.15, 0.2) is 27.8 Å². The lowest BCUT2D eigenvalue weighted by molar-refractivity contribution is -0.130. The van der Waals surface area contributed by atoms with Crippen molar-refractivity contribution in [1.82, 2.24) is 25.3 Å². The van der Waals surface area contributed by atoms with Crippen molar-refractivity contribution in [2.75, 3.05) is 65.4 Å². The van der Waals surface area contributed by atoms with Crippen LogP contribution in [0.25, 0.3) is 0 Å². The molecule has 0 aromatic carbocycles. The fourth-order valence-electron chi connectivity index (χ4n) is 4.06. The highest BCUT2D eigenvalue weighted by molar-refractivity contribution is 14.0. The van der Waals surface area contributed by atoms with Crippen molar-refractivity contribution in [3.63, 3.8) is 0 Å². The van der Waals surface area contributed by atoms with Gasteiger partial charge in [-0.25, -0.2) is 0 Å². The highest BCUT2D eigenvalue weighted by Crippen LogP contribution is 2.25. The molecule has 9 heteroatoms. The molecule has 30 heavy (non-hydrogen) atoms. The van der Waals surface area contributed by atoms with E-state index in [1.807, 2.05) is 11.0 Å². The van der Waals surface area contributed by atoms with Crippen molar-refractivity contribution in [2.24, 2.45) is 4.99 Å². The van der Waals surface area contributed by atoms with Gasteiger partial charge in [-0.3, -0.25) is 19.6 Å². The summed E-state index contributed by atoms with van der Waals surface area (Å²) in [7, 11) is 0. The monoisotopic (exact) mass is 532 g/mol. The van der Waals surface area contributed by atoms with Crippen molar-refractivity contribution < 1.29 is 9.21 Å². The second-order valence-corrected chi connectivity index (χ2v) is 7.77. The standard InChI is InChI=1S/C21H36N6O2.HI/c1-3-22-21(23-8-11-25-12-14-26(15-13-25)18(2)28)24-17-19(20-7-6-16-29-20)27-9-4-5-10-27;/h6-7,16,19H,3-5,8-15,17H2,1-2H3,(H2,22,23,24);1H. The smallest absolute Gasteiger partial charge is 0.219 e. The number of aliphatic imine (C=N–C) groups is 1. The summed E-state index contributed by atoms with van der Waals surface area (Å²) < 4.78 is 5.70. The molecule has 0 bridgehead atoms. The van der Waals surface area contributed by atoms with Crippen molar-refractivity contribution in [3.05, 3.63) is 24.2 Å². The lowest BCUT2D eigenvalue weighted by Gasteiger charge is -2.34. The molecule has 1 atom stereocenters. The summed E-state index contributed by atoms with van der Waals surface area (Å²) in [5, 5.41) is 6.81. The SMILES string of the molecule is CCNC(=NCC(c1ccco1)N1CCCC1)NCCN1CCN(C(C)=O)CC1.I. The number of nitrogens with one attached hydrogen (secondary N) is 2. The topological polar surface area (TPSA) is 76.4 Å². The third kappa shape index (κ3) is 7.42. The van der Waals surface area contributed by atoms with Gasteiger partial charge in [0.25, 0.3) is 0 Å². The van der Waals surface area contributed by atoms with Gasteiger partial charge >= 0.3 is 0 Å². The first-order chi connectivity index (χ1) is 14.2. The first kappa shape index (κ1) is 24.9. The summed E-state index contributed by atoms with van der Waals surface area (Å²) in [5.41, 5.74) is 0. The number of amides is 1. The van der Waals surface area contributed by atoms with Crippen molar-refractivity contribution >= 4 is 35.8 Å². The maximum Gasteiger partial charge on any atom is 0.219 e. The summed E-state index contributed by atoms with van der Waals surface area (Å²) in [6, 6.07) is 4.21. The summed E-state index contributed by atoms with van der Waals surface area (Å²) in [6.45, 7) is 12.8. The fraction of sp³-hybridized carbons (Fsp3) is 0.714. The zero-order valence-corrected chi connectivity index (χ0v) is 20.6. The Kier molecular flexibility index (Phi) is 10.9. The molecule has 0 radical (unpaired) electrons. The first-order valence-electron chi connectivity index (χ1n) is 10.9. The van der Waals surface area contributed by atoms with E-state index in [9.17, 15) is 4.79 Å². The number of carbonyl (C=O) groups is 1. The Bertz CT molecular complexity index is 640. The minimum absolute atomic E-state index is 0. The molecule has 0 saturated carbocycles. The van der Waals surface area contributed by atoms with Crippen molar-refractivity contribution in [2.45, 2.75) is 32.7 Å². The zero-order valence-electron chi connectivity index (χ0n) is 18.3. The minimum Gasteiger partial charge on any atom is -0.468 e. The molecule has 2 N–H and O–H groups in total. The molecule has 1 aromatic heterocycles. The lowest BCUT2D eigenvalue weighted by Crippen LogP contribution is -2.50. The molecular formula is C21H37IN6O2. The molecule has 2 saturated heterocycles. The van der Waals surface area contributed by atoms with E-state index in [2.05, 4.69) is 33.4 Å². The average molecular weight is 532 g/mol. The lowest BCUT2D eigenvalue weighted by atomic mass is 10.2. The van der Waals surface area contributed by atoms with Gasteiger partial charge in [-0.05, 0) is 45.0 Å². The average Bonchev–Trinajstić information content (AvgIpc) is 3.43. The number of hydrogen-bond acceptors (Lipinski definition) is 5. The van der Waals surface area contributed by atoms with Gasteiger partial charge in [0.15, 0.2) is 5.96 Å². The number of piperazine rings is 1. The summed E-state index contributed by atoms with van der Waals surface area (Å²) in [4.78, 5) is 23.1. The Morgan fingerprint density at radius 3 is 2.50 bits per heavy atom. The van der Waals surface area contributed by atoms with Crippen LogP contribution in [-0.4, -0.2) is 92.0 Å². The summed E-state index contributed by atoms with van der Waals surface area (Å²) in [5.74, 6) is 2.02. The largest absolute Gasteiger partial charge is 0.468 e. The molecule has 1 amide bonds. The number of hydrogen-bond donors (Lipinski definition) is 2. The highest BCUT2D eigenvalue weighted by Gasteiger charge is 2.25. The van der Waals surface area contributed by atoms with E-state index >= 15 is 0 Å². The Balaban J connectivity index is 0.00000320. The second kappa shape index (κ2) is 13.2. The number of rotatable bonds is 8. The van der Waals surface area contributed by atoms with Gasteiger partial charge in [-0.1, -0.05) is 0 Å². The van der Waals surface area contributed by atoms with Gasteiger partial charge in [0.1, 0.15) is 5.76 Å². The van der Waals surface area contributed by atoms with Gasteiger partial charge in [-0.15, -0.1) is 24.0 Å². The molecule has 3 rings (SSSR count). The summed E-state index contributed by atoms with van der Waals surface area (Å²) >= 11 is 0. The Morgan fingerprint density at radius 1 is 1.17 bits per heavy atom. The normalized spacial score (nSPS) is 19.4. The van der Waals surface area contributed by atoms with Crippen LogP contribution >= 0.6 is 24.0 Å². The highest BCUT2D eigenvalue weighted by atomic mass is 127. The third-order valence-electron chi connectivity index (χ3n) is 5.76. The molecule has 1 aromatic rings. The predicted molar refractivity (Wildman–Crippen MR) is 130 cm³/mol. The van der Waals surface area contributed by atoms with Gasteiger partial charge in [-0.2, -0.15) is 0 Å². The zero-order chi connectivity index (χ0) is 20.5. The van der Waals surface area contributed by atoms with Crippen LogP contribution in [0.1, 0.15) is 38.5 Å². The van der Waals surface area contributed by atoms with E-state index < -0.39 is 0 Å². The van der Waals surface area contributed by atoms with Crippen LogP contribution < -0.4 is 10.6 Å². The molecule has 170 valence electrons. The molecule has 2 aliphatic rings. The van der Waals surface area contributed by atoms with Crippen LogP contribution in [0.3, 0.4) is 0 Å². The Morgan fingerprint density at radius 2 is 1.90 bits per heavy atom. The Labute approximate surface area is 197 Å². The molecule has 2 aliphatic heterocycles. The number of likely N-dealkylation sites (tertiary alicyclic amines) is 1. The van der Waals surface area contributed by atoms with E-state index in [-0.39, 0.29) is 35.9 Å². The van der Waals surface area contributed by atoms with Gasteiger partial charge in [0.2, 0.25) is 5.91 Å². The van der Waals surface area contributed by atoms with Crippen LogP contribution in [0, 0.1) is 0 Å². The summed E-state index contributed by atoms with van der Waals surface area (Å²) in [6.07, 6.45) is 4.24. The van der Waals surface area contributed by atoms with E-state index in [1.165, 1.54) is 12.8 Å². The number of furan rings is 1. The van der Waals surface area contributed by atoms with Crippen molar-refractivity contribution in [3.8, 4) is 0 Å². The van der Waals surface area contributed by atoms with E-state index in [0.29, 0.717) is 6.54 Å². The molecule has 0 spiro atoms. The fourth-order valence-corrected chi connectivity index (χ4v) is 4.06. The van der Waals surface area contributed by atoms with Crippen LogP contribution in [0.5, 0.6) is 0 Å². The van der Waals surface area contributed by atoms with Crippen LogP contribution in [-0.2, 0) is 4.79 Å². The molecule has 0 aliphatic carbocycles. The maximum absolute atomic E-state index is 11.4.